The summed E-state index contributed by atoms with van der Waals surface area (Å²) in [5, 5.41) is 5.49. The predicted molar refractivity (Wildman–Crippen MR) is 75.9 cm³/mol. The van der Waals surface area contributed by atoms with Crippen LogP contribution in [0.3, 0.4) is 0 Å². The Balaban J connectivity index is 2.77. The van der Waals surface area contributed by atoms with Crippen LogP contribution in [-0.4, -0.2) is 23.9 Å². The van der Waals surface area contributed by atoms with E-state index in [-0.39, 0.29) is 17.9 Å². The van der Waals surface area contributed by atoms with E-state index < -0.39 is 6.04 Å². The van der Waals surface area contributed by atoms with E-state index in [4.69, 9.17) is 5.73 Å². The van der Waals surface area contributed by atoms with Gasteiger partial charge in [0.15, 0.2) is 0 Å². The summed E-state index contributed by atoms with van der Waals surface area (Å²) in [6.45, 7) is 5.63. The summed E-state index contributed by atoms with van der Waals surface area (Å²) < 4.78 is 0. The molecule has 0 aliphatic heterocycles. The lowest BCUT2D eigenvalue weighted by Gasteiger charge is -2.12. The smallest absolute Gasteiger partial charge is 0.251 e. The molecule has 0 saturated carbocycles. The van der Waals surface area contributed by atoms with Crippen LogP contribution in [0.2, 0.25) is 0 Å². The van der Waals surface area contributed by atoms with E-state index >= 15 is 0 Å². The van der Waals surface area contributed by atoms with Gasteiger partial charge in [0.05, 0.1) is 6.04 Å². The molecule has 0 spiro atoms. The Bertz CT molecular complexity index is 458. The monoisotopic (exact) mass is 263 g/mol. The van der Waals surface area contributed by atoms with Crippen molar-refractivity contribution in [1.82, 2.24) is 5.32 Å². The van der Waals surface area contributed by atoms with Crippen molar-refractivity contribution in [1.29, 1.82) is 0 Å². The Morgan fingerprint density at radius 1 is 1.32 bits per heavy atom. The summed E-state index contributed by atoms with van der Waals surface area (Å²) in [7, 11) is 0. The van der Waals surface area contributed by atoms with Crippen LogP contribution in [0.5, 0.6) is 0 Å². The first-order valence-corrected chi connectivity index (χ1v) is 6.41. The normalized spacial score (nSPS) is 12.1. The zero-order chi connectivity index (χ0) is 14.4. The highest BCUT2D eigenvalue weighted by Gasteiger charge is 2.12. The second-order valence-electron chi connectivity index (χ2n) is 4.71. The van der Waals surface area contributed by atoms with Gasteiger partial charge in [0, 0.05) is 17.3 Å². The number of rotatable bonds is 5. The first kappa shape index (κ1) is 15.2. The van der Waals surface area contributed by atoms with Crippen molar-refractivity contribution in [3.63, 3.8) is 0 Å². The molecule has 104 valence electrons. The zero-order valence-electron chi connectivity index (χ0n) is 11.6. The average molecular weight is 263 g/mol. The highest BCUT2D eigenvalue weighted by molar-refractivity contribution is 5.98. The molecule has 1 rings (SSSR count). The molecule has 0 heterocycles. The summed E-state index contributed by atoms with van der Waals surface area (Å²) in [5.41, 5.74) is 6.72. The highest BCUT2D eigenvalue weighted by atomic mass is 16.2. The fraction of sp³-hybridized carbons (Fsp3) is 0.429. The van der Waals surface area contributed by atoms with Crippen molar-refractivity contribution in [3.05, 3.63) is 29.8 Å². The fourth-order valence-electron chi connectivity index (χ4n) is 1.50. The molecule has 0 fully saturated rings. The van der Waals surface area contributed by atoms with Crippen molar-refractivity contribution in [3.8, 4) is 0 Å². The second-order valence-corrected chi connectivity index (χ2v) is 4.71. The van der Waals surface area contributed by atoms with Crippen molar-refractivity contribution in [2.45, 2.75) is 39.3 Å². The molecule has 5 nitrogen and oxygen atoms in total. The quantitative estimate of drug-likeness (QED) is 0.752. The van der Waals surface area contributed by atoms with Crippen LogP contribution < -0.4 is 16.4 Å². The van der Waals surface area contributed by atoms with Gasteiger partial charge in [0.1, 0.15) is 0 Å². The van der Waals surface area contributed by atoms with Gasteiger partial charge < -0.3 is 16.4 Å². The Morgan fingerprint density at radius 2 is 2.00 bits per heavy atom. The van der Waals surface area contributed by atoms with Gasteiger partial charge in [0.25, 0.3) is 5.91 Å². The van der Waals surface area contributed by atoms with E-state index in [9.17, 15) is 9.59 Å². The molecule has 0 bridgehead atoms. The third-order valence-electron chi connectivity index (χ3n) is 2.59. The van der Waals surface area contributed by atoms with E-state index in [1.54, 1.807) is 24.3 Å². The SMILES string of the molecule is CC[C@@H](N)C(=O)Nc1cccc(C(=O)NC(C)C)c1. The van der Waals surface area contributed by atoms with Gasteiger partial charge in [-0.05, 0) is 38.5 Å². The number of amides is 2. The Hall–Kier alpha value is -1.88. The molecule has 1 atom stereocenters. The average Bonchev–Trinajstić information content (AvgIpc) is 2.37. The van der Waals surface area contributed by atoms with E-state index in [0.717, 1.165) is 0 Å². The lowest BCUT2D eigenvalue weighted by molar-refractivity contribution is -0.117. The molecule has 0 unspecified atom stereocenters. The molecule has 5 heteroatoms. The number of benzene rings is 1. The van der Waals surface area contributed by atoms with Crippen molar-refractivity contribution >= 4 is 17.5 Å². The minimum atomic E-state index is -0.534. The molecular formula is C14H21N3O2. The molecule has 2 amide bonds. The number of carbonyl (C=O) groups is 2. The van der Waals surface area contributed by atoms with Gasteiger partial charge >= 0.3 is 0 Å². The number of nitrogens with one attached hydrogen (secondary N) is 2. The van der Waals surface area contributed by atoms with Crippen LogP contribution >= 0.6 is 0 Å². The van der Waals surface area contributed by atoms with Gasteiger partial charge in [-0.15, -0.1) is 0 Å². The zero-order valence-corrected chi connectivity index (χ0v) is 11.6. The largest absolute Gasteiger partial charge is 0.350 e. The van der Waals surface area contributed by atoms with Crippen LogP contribution in [0.1, 0.15) is 37.6 Å². The molecule has 0 aliphatic carbocycles. The fourth-order valence-corrected chi connectivity index (χ4v) is 1.50. The maximum Gasteiger partial charge on any atom is 0.251 e. The standard InChI is InChI=1S/C14H21N3O2/c1-4-12(15)14(19)17-11-7-5-6-10(8-11)13(18)16-9(2)3/h5-9,12H,4,15H2,1-3H3,(H,16,18)(H,17,19)/t12-/m1/s1. The Labute approximate surface area is 113 Å². The summed E-state index contributed by atoms with van der Waals surface area (Å²) in [6.07, 6.45) is 0.569. The van der Waals surface area contributed by atoms with Gasteiger partial charge in [-0.3, -0.25) is 9.59 Å². The minimum absolute atomic E-state index is 0.0688. The van der Waals surface area contributed by atoms with Crippen molar-refractivity contribution < 1.29 is 9.59 Å². The highest BCUT2D eigenvalue weighted by Crippen LogP contribution is 2.11. The predicted octanol–water partition coefficient (Wildman–Crippen LogP) is 1.50. The van der Waals surface area contributed by atoms with E-state index in [1.165, 1.54) is 0 Å². The molecule has 1 aromatic rings. The first-order chi connectivity index (χ1) is 8.93. The number of hydrogen-bond donors (Lipinski definition) is 3. The number of hydrogen-bond acceptors (Lipinski definition) is 3. The summed E-state index contributed by atoms with van der Waals surface area (Å²) in [5.74, 6) is -0.408. The molecule has 0 aromatic heterocycles. The molecule has 0 radical (unpaired) electrons. The van der Waals surface area contributed by atoms with Gasteiger partial charge in [-0.1, -0.05) is 13.0 Å². The number of nitrogens with two attached hydrogens (primary N) is 1. The first-order valence-electron chi connectivity index (χ1n) is 6.41. The lowest BCUT2D eigenvalue weighted by atomic mass is 10.1. The molecule has 1 aromatic carbocycles. The summed E-state index contributed by atoms with van der Waals surface area (Å²) >= 11 is 0. The second kappa shape index (κ2) is 6.89. The van der Waals surface area contributed by atoms with Crippen LogP contribution in [0, 0.1) is 0 Å². The number of anilines is 1. The lowest BCUT2D eigenvalue weighted by Crippen LogP contribution is -2.35. The van der Waals surface area contributed by atoms with Gasteiger partial charge in [-0.2, -0.15) is 0 Å². The van der Waals surface area contributed by atoms with Crippen LogP contribution in [0.15, 0.2) is 24.3 Å². The van der Waals surface area contributed by atoms with E-state index in [1.807, 2.05) is 20.8 Å². The minimum Gasteiger partial charge on any atom is -0.350 e. The molecule has 19 heavy (non-hydrogen) atoms. The molecular weight excluding hydrogens is 242 g/mol. The van der Waals surface area contributed by atoms with E-state index in [0.29, 0.717) is 17.7 Å². The Morgan fingerprint density at radius 3 is 2.58 bits per heavy atom. The van der Waals surface area contributed by atoms with Crippen molar-refractivity contribution in [2.75, 3.05) is 5.32 Å². The molecule has 0 aliphatic rings. The maximum absolute atomic E-state index is 11.8. The van der Waals surface area contributed by atoms with Gasteiger partial charge in [-0.25, -0.2) is 0 Å². The van der Waals surface area contributed by atoms with Crippen molar-refractivity contribution in [2.24, 2.45) is 5.73 Å². The van der Waals surface area contributed by atoms with E-state index in [2.05, 4.69) is 10.6 Å². The maximum atomic E-state index is 11.8. The number of carbonyl (C=O) groups excluding carboxylic acids is 2. The summed E-state index contributed by atoms with van der Waals surface area (Å²) in [4.78, 5) is 23.5. The molecule has 0 saturated heterocycles. The van der Waals surface area contributed by atoms with Crippen LogP contribution in [-0.2, 0) is 4.79 Å². The topological polar surface area (TPSA) is 84.2 Å². The Kier molecular flexibility index (Phi) is 5.51. The van der Waals surface area contributed by atoms with Crippen LogP contribution in [0.4, 0.5) is 5.69 Å². The van der Waals surface area contributed by atoms with Gasteiger partial charge in [0.2, 0.25) is 5.91 Å². The molecule has 4 N–H and O–H groups in total. The third kappa shape index (κ3) is 4.71. The third-order valence-corrected chi connectivity index (χ3v) is 2.59. The van der Waals surface area contributed by atoms with Crippen LogP contribution in [0.25, 0.3) is 0 Å². The summed E-state index contributed by atoms with van der Waals surface area (Å²) in [6, 6.07) is 6.33.